The molecule has 3 rings (SSSR count). The zero-order valence-corrected chi connectivity index (χ0v) is 10.8. The van der Waals surface area contributed by atoms with Crippen LogP contribution in [0.1, 0.15) is 35.3 Å². The van der Waals surface area contributed by atoms with E-state index in [9.17, 15) is 4.79 Å². The lowest BCUT2D eigenvalue weighted by Gasteiger charge is -2.26. The number of hydrogen-bond acceptors (Lipinski definition) is 3. The van der Waals surface area contributed by atoms with Crippen LogP contribution in [0.4, 0.5) is 0 Å². The zero-order valence-electron chi connectivity index (χ0n) is 10.8. The van der Waals surface area contributed by atoms with Gasteiger partial charge in [0, 0.05) is 24.3 Å². The van der Waals surface area contributed by atoms with Crippen molar-refractivity contribution in [2.24, 2.45) is 11.7 Å². The van der Waals surface area contributed by atoms with Crippen molar-refractivity contribution in [3.63, 3.8) is 0 Å². The number of fused-ring (bicyclic) bond motifs is 2. The Labute approximate surface area is 113 Å². The van der Waals surface area contributed by atoms with Gasteiger partial charge in [0.2, 0.25) is 0 Å². The molecular formula is C15H17N3O. The van der Waals surface area contributed by atoms with Crippen LogP contribution in [0.15, 0.2) is 18.3 Å². The van der Waals surface area contributed by atoms with Crippen LogP contribution in [0.2, 0.25) is 0 Å². The smallest absolute Gasteiger partial charge is 0.272 e. The minimum absolute atomic E-state index is 0.0607. The summed E-state index contributed by atoms with van der Waals surface area (Å²) in [6.07, 6.45) is 5.24. The number of amides is 1. The topological polar surface area (TPSA) is 59.2 Å². The number of rotatable bonds is 1. The summed E-state index contributed by atoms with van der Waals surface area (Å²) < 4.78 is 0. The molecule has 2 atom stereocenters. The maximum Gasteiger partial charge on any atom is 0.272 e. The summed E-state index contributed by atoms with van der Waals surface area (Å²) in [6, 6.07) is 4.03. The number of nitrogens with two attached hydrogens (primary N) is 1. The maximum absolute atomic E-state index is 12.4. The standard InChI is InChI=1S/C15H17N3O/c16-7-1-2-11-4-6-14(17-9-11)15(19)18-10-12-3-5-13(18)8-12/h4,6,9,12-13H,3,5,7-8,10,16H2. The molecule has 4 heteroatoms. The second-order valence-corrected chi connectivity index (χ2v) is 5.23. The van der Waals surface area contributed by atoms with Crippen LogP contribution in [0.25, 0.3) is 0 Å². The van der Waals surface area contributed by atoms with Crippen LogP contribution < -0.4 is 5.73 Å². The Kier molecular flexibility index (Phi) is 3.22. The van der Waals surface area contributed by atoms with Crippen molar-refractivity contribution in [3.05, 3.63) is 29.6 Å². The number of hydrogen-bond donors (Lipinski definition) is 1. The Bertz CT molecular complexity index is 541. The van der Waals surface area contributed by atoms with E-state index < -0.39 is 0 Å². The second-order valence-electron chi connectivity index (χ2n) is 5.23. The molecule has 1 saturated heterocycles. The first-order valence-corrected chi connectivity index (χ1v) is 6.74. The summed E-state index contributed by atoms with van der Waals surface area (Å²) in [7, 11) is 0. The van der Waals surface area contributed by atoms with Gasteiger partial charge in [-0.05, 0) is 37.3 Å². The normalized spacial score (nSPS) is 24.2. The van der Waals surface area contributed by atoms with Crippen molar-refractivity contribution in [2.45, 2.75) is 25.3 Å². The molecule has 1 aliphatic heterocycles. The van der Waals surface area contributed by atoms with Crippen LogP contribution in [0, 0.1) is 17.8 Å². The molecule has 19 heavy (non-hydrogen) atoms. The summed E-state index contributed by atoms with van der Waals surface area (Å²) in [6.45, 7) is 1.23. The van der Waals surface area contributed by atoms with E-state index in [-0.39, 0.29) is 5.91 Å². The highest BCUT2D eigenvalue weighted by Crippen LogP contribution is 2.37. The molecule has 1 amide bonds. The lowest BCUT2D eigenvalue weighted by molar-refractivity contribution is 0.0697. The number of aromatic nitrogens is 1. The summed E-state index contributed by atoms with van der Waals surface area (Å²) in [5.74, 6) is 6.45. The highest BCUT2D eigenvalue weighted by Gasteiger charge is 2.40. The average Bonchev–Trinajstić information content (AvgIpc) is 3.07. The molecular weight excluding hydrogens is 238 g/mol. The third-order valence-corrected chi connectivity index (χ3v) is 3.99. The van der Waals surface area contributed by atoms with E-state index in [1.807, 2.05) is 11.0 Å². The first-order chi connectivity index (χ1) is 9.28. The van der Waals surface area contributed by atoms with E-state index >= 15 is 0 Å². The van der Waals surface area contributed by atoms with Gasteiger partial charge in [0.05, 0.1) is 6.54 Å². The van der Waals surface area contributed by atoms with Gasteiger partial charge < -0.3 is 10.6 Å². The van der Waals surface area contributed by atoms with Gasteiger partial charge in [0.1, 0.15) is 5.69 Å². The van der Waals surface area contributed by atoms with Crippen molar-refractivity contribution < 1.29 is 4.79 Å². The van der Waals surface area contributed by atoms with Crippen molar-refractivity contribution in [1.82, 2.24) is 9.88 Å². The summed E-state index contributed by atoms with van der Waals surface area (Å²) >= 11 is 0. The molecule has 2 aliphatic rings. The Morgan fingerprint density at radius 1 is 1.47 bits per heavy atom. The minimum atomic E-state index is 0.0607. The molecule has 1 aromatic heterocycles. The Morgan fingerprint density at radius 2 is 2.37 bits per heavy atom. The fraction of sp³-hybridized carbons (Fsp3) is 0.467. The van der Waals surface area contributed by atoms with Crippen molar-refractivity contribution >= 4 is 5.91 Å². The molecule has 1 aromatic rings. The summed E-state index contributed by atoms with van der Waals surface area (Å²) in [5.41, 5.74) is 6.63. The van der Waals surface area contributed by atoms with Crippen LogP contribution in [-0.4, -0.2) is 34.9 Å². The number of likely N-dealkylation sites (tertiary alicyclic amines) is 1. The van der Waals surface area contributed by atoms with Gasteiger partial charge in [-0.3, -0.25) is 4.79 Å². The van der Waals surface area contributed by atoms with Crippen LogP contribution in [0.5, 0.6) is 0 Å². The Morgan fingerprint density at radius 3 is 2.95 bits per heavy atom. The molecule has 2 N–H and O–H groups in total. The highest BCUT2D eigenvalue weighted by molar-refractivity contribution is 5.92. The number of piperidine rings is 1. The molecule has 1 aliphatic carbocycles. The van der Waals surface area contributed by atoms with E-state index in [0.29, 0.717) is 24.2 Å². The van der Waals surface area contributed by atoms with Gasteiger partial charge >= 0.3 is 0 Å². The van der Waals surface area contributed by atoms with E-state index in [0.717, 1.165) is 18.5 Å². The zero-order chi connectivity index (χ0) is 13.2. The molecule has 98 valence electrons. The van der Waals surface area contributed by atoms with Gasteiger partial charge in [-0.1, -0.05) is 11.8 Å². The molecule has 2 heterocycles. The first kappa shape index (κ1) is 12.2. The molecule has 0 aromatic carbocycles. The molecule has 2 bridgehead atoms. The van der Waals surface area contributed by atoms with Gasteiger partial charge in [0.15, 0.2) is 0 Å². The molecule has 2 fully saturated rings. The SMILES string of the molecule is NCC#Cc1ccc(C(=O)N2CC3CCC2C3)nc1. The first-order valence-electron chi connectivity index (χ1n) is 6.74. The summed E-state index contributed by atoms with van der Waals surface area (Å²) in [4.78, 5) is 18.6. The van der Waals surface area contributed by atoms with Crippen molar-refractivity contribution in [2.75, 3.05) is 13.1 Å². The maximum atomic E-state index is 12.4. The average molecular weight is 255 g/mol. The Hall–Kier alpha value is -1.86. The highest BCUT2D eigenvalue weighted by atomic mass is 16.2. The van der Waals surface area contributed by atoms with E-state index in [1.54, 1.807) is 12.3 Å². The van der Waals surface area contributed by atoms with Crippen LogP contribution in [-0.2, 0) is 0 Å². The number of nitrogens with zero attached hydrogens (tertiary/aromatic N) is 2. The predicted octanol–water partition coefficient (Wildman–Crippen LogP) is 1.02. The summed E-state index contributed by atoms with van der Waals surface area (Å²) in [5, 5.41) is 0. The van der Waals surface area contributed by atoms with Crippen LogP contribution >= 0.6 is 0 Å². The lowest BCUT2D eigenvalue weighted by atomic mass is 10.1. The predicted molar refractivity (Wildman–Crippen MR) is 72.3 cm³/mol. The third-order valence-electron chi connectivity index (χ3n) is 3.99. The number of carbonyl (C=O) groups is 1. The lowest BCUT2D eigenvalue weighted by Crippen LogP contribution is -2.38. The second kappa shape index (κ2) is 5.02. The van der Waals surface area contributed by atoms with Crippen LogP contribution in [0.3, 0.4) is 0 Å². The molecule has 0 spiro atoms. The molecule has 4 nitrogen and oxygen atoms in total. The molecule has 2 unspecified atom stereocenters. The fourth-order valence-corrected chi connectivity index (χ4v) is 3.07. The monoisotopic (exact) mass is 255 g/mol. The quantitative estimate of drug-likeness (QED) is 0.762. The fourth-order valence-electron chi connectivity index (χ4n) is 3.07. The minimum Gasteiger partial charge on any atom is -0.334 e. The molecule has 0 radical (unpaired) electrons. The largest absolute Gasteiger partial charge is 0.334 e. The van der Waals surface area contributed by atoms with Gasteiger partial charge in [-0.15, -0.1) is 0 Å². The number of pyridine rings is 1. The van der Waals surface area contributed by atoms with Gasteiger partial charge in [-0.25, -0.2) is 4.98 Å². The van der Waals surface area contributed by atoms with Crippen molar-refractivity contribution in [3.8, 4) is 11.8 Å². The molecule has 1 saturated carbocycles. The van der Waals surface area contributed by atoms with E-state index in [1.165, 1.54) is 12.8 Å². The number of carbonyl (C=O) groups excluding carboxylic acids is 1. The van der Waals surface area contributed by atoms with Gasteiger partial charge in [-0.2, -0.15) is 0 Å². The van der Waals surface area contributed by atoms with E-state index in [2.05, 4.69) is 16.8 Å². The Balaban J connectivity index is 1.73. The van der Waals surface area contributed by atoms with Crippen molar-refractivity contribution in [1.29, 1.82) is 0 Å². The van der Waals surface area contributed by atoms with E-state index in [4.69, 9.17) is 5.73 Å². The third kappa shape index (κ3) is 2.34. The van der Waals surface area contributed by atoms with Gasteiger partial charge in [0.25, 0.3) is 5.91 Å².